The van der Waals surface area contributed by atoms with Gasteiger partial charge in [0.15, 0.2) is 6.61 Å². The largest absolute Gasteiger partial charge is 0.462 e. The topological polar surface area (TPSA) is 99.5 Å². The molecule has 10 heteroatoms. The summed E-state index contributed by atoms with van der Waals surface area (Å²) < 4.78 is 12.1. The minimum absolute atomic E-state index is 0.245. The van der Waals surface area contributed by atoms with Crippen LogP contribution in [0.25, 0.3) is 22.3 Å². The highest BCUT2D eigenvalue weighted by Gasteiger charge is 2.32. The molecule has 194 valence electrons. The van der Waals surface area contributed by atoms with Crippen molar-refractivity contribution in [3.8, 4) is 16.3 Å². The maximum absolute atomic E-state index is 12.5. The fourth-order valence-corrected chi connectivity index (χ4v) is 5.68. The van der Waals surface area contributed by atoms with Crippen LogP contribution >= 0.6 is 22.7 Å². The third-order valence-corrected chi connectivity index (χ3v) is 7.62. The number of esters is 2. The van der Waals surface area contributed by atoms with Gasteiger partial charge in [-0.05, 0) is 66.3 Å². The van der Waals surface area contributed by atoms with E-state index in [0.717, 1.165) is 40.2 Å². The van der Waals surface area contributed by atoms with E-state index in [4.69, 9.17) is 14.6 Å². The number of amides is 1. The van der Waals surface area contributed by atoms with E-state index in [0.29, 0.717) is 16.5 Å². The van der Waals surface area contributed by atoms with Crippen LogP contribution in [0.5, 0.6) is 0 Å². The Balaban J connectivity index is 1.24. The number of nitrogens with one attached hydrogen (secondary N) is 1. The van der Waals surface area contributed by atoms with Crippen LogP contribution in [0.15, 0.2) is 65.5 Å². The van der Waals surface area contributed by atoms with Gasteiger partial charge in [-0.25, -0.2) is 14.3 Å². The number of hydrogen-bond acceptors (Lipinski definition) is 8. The van der Waals surface area contributed by atoms with Gasteiger partial charge >= 0.3 is 11.9 Å². The van der Waals surface area contributed by atoms with E-state index < -0.39 is 24.5 Å². The van der Waals surface area contributed by atoms with Crippen molar-refractivity contribution in [1.29, 1.82) is 0 Å². The average Bonchev–Trinajstić information content (AvgIpc) is 3.30. The molecule has 0 aliphatic heterocycles. The Morgan fingerprint density at radius 3 is 2.63 bits per heavy atom. The Kier molecular flexibility index (Phi) is 7.81. The maximum atomic E-state index is 12.5. The second kappa shape index (κ2) is 11.6. The molecule has 3 aromatic heterocycles. The maximum Gasteiger partial charge on any atom is 0.341 e. The number of rotatable bonds is 10. The minimum atomic E-state index is -0.666. The first-order chi connectivity index (χ1) is 18.5. The van der Waals surface area contributed by atoms with Crippen LogP contribution in [0.1, 0.15) is 47.2 Å². The van der Waals surface area contributed by atoms with Crippen molar-refractivity contribution >= 4 is 51.6 Å². The first-order valence-electron chi connectivity index (χ1n) is 12.2. The van der Waals surface area contributed by atoms with Crippen molar-refractivity contribution in [3.63, 3.8) is 0 Å². The lowest BCUT2D eigenvalue weighted by atomic mass is 10.1. The molecule has 0 bridgehead atoms. The van der Waals surface area contributed by atoms with E-state index in [1.165, 1.54) is 17.4 Å². The summed E-state index contributed by atoms with van der Waals surface area (Å²) in [4.78, 5) is 38.4. The summed E-state index contributed by atoms with van der Waals surface area (Å²) in [5.74, 6) is -1.33. The number of carbonyl (C=O) groups excluding carboxylic acids is 3. The summed E-state index contributed by atoms with van der Waals surface area (Å²) in [5, 5.41) is 11.7. The zero-order valence-corrected chi connectivity index (χ0v) is 22.2. The Morgan fingerprint density at radius 2 is 1.92 bits per heavy atom. The van der Waals surface area contributed by atoms with Gasteiger partial charge in [0.2, 0.25) is 0 Å². The van der Waals surface area contributed by atoms with Crippen molar-refractivity contribution in [2.24, 2.45) is 0 Å². The number of aromatic nitrogens is 2. The number of anilines is 1. The standard InChI is InChI=1S/C28H25N3O5S2/c1-2-35-28(34)25-21(18-10-11-18)17-38-27(25)29-23(32)16-36-24(33)13-12-19-15-31(20-7-4-3-5-8-20)30-26(19)22-9-6-14-37-22/h3-9,12-15,17-18H,2,10-11,16H2,1H3,(H,29,32). The first kappa shape index (κ1) is 25.6. The molecule has 0 radical (unpaired) electrons. The molecule has 1 aliphatic rings. The summed E-state index contributed by atoms with van der Waals surface area (Å²) in [6, 6.07) is 13.6. The van der Waals surface area contributed by atoms with Gasteiger partial charge in [-0.1, -0.05) is 24.3 Å². The van der Waals surface area contributed by atoms with Crippen LogP contribution in [0.2, 0.25) is 0 Å². The molecule has 1 aromatic carbocycles. The molecule has 3 heterocycles. The van der Waals surface area contributed by atoms with Gasteiger partial charge in [0, 0.05) is 17.8 Å². The monoisotopic (exact) mass is 547 g/mol. The Labute approximate surface area is 227 Å². The van der Waals surface area contributed by atoms with E-state index in [1.807, 2.05) is 59.4 Å². The summed E-state index contributed by atoms with van der Waals surface area (Å²) in [5.41, 5.74) is 3.67. The van der Waals surface area contributed by atoms with Crippen LogP contribution in [0, 0.1) is 0 Å². The number of carbonyl (C=O) groups is 3. The molecule has 1 N–H and O–H groups in total. The number of hydrogen-bond donors (Lipinski definition) is 1. The number of nitrogens with zero attached hydrogens (tertiary/aromatic N) is 2. The molecule has 8 nitrogen and oxygen atoms in total. The third-order valence-electron chi connectivity index (χ3n) is 5.83. The van der Waals surface area contributed by atoms with Crippen LogP contribution in [0.4, 0.5) is 5.00 Å². The van der Waals surface area contributed by atoms with Crippen molar-refractivity contribution in [2.75, 3.05) is 18.5 Å². The van der Waals surface area contributed by atoms with E-state index in [-0.39, 0.29) is 6.61 Å². The summed E-state index contributed by atoms with van der Waals surface area (Å²) in [6.07, 6.45) is 6.77. The van der Waals surface area contributed by atoms with Gasteiger partial charge in [-0.2, -0.15) is 5.10 Å². The van der Waals surface area contributed by atoms with Crippen LogP contribution in [-0.2, 0) is 19.1 Å². The van der Waals surface area contributed by atoms with Crippen molar-refractivity contribution in [1.82, 2.24) is 9.78 Å². The molecule has 1 fully saturated rings. The molecule has 1 amide bonds. The molecule has 0 atom stereocenters. The zero-order chi connectivity index (χ0) is 26.5. The molecule has 4 aromatic rings. The van der Waals surface area contributed by atoms with Gasteiger partial charge in [0.1, 0.15) is 10.7 Å². The van der Waals surface area contributed by atoms with Crippen molar-refractivity contribution in [3.05, 3.63) is 82.2 Å². The van der Waals surface area contributed by atoms with Gasteiger partial charge in [0.05, 0.1) is 22.7 Å². The highest BCUT2D eigenvalue weighted by Crippen LogP contribution is 2.46. The summed E-state index contributed by atoms with van der Waals surface area (Å²) in [6.45, 7) is 1.50. The summed E-state index contributed by atoms with van der Waals surface area (Å²) in [7, 11) is 0. The second-order valence-electron chi connectivity index (χ2n) is 8.57. The first-order valence-corrected chi connectivity index (χ1v) is 13.9. The van der Waals surface area contributed by atoms with Crippen LogP contribution < -0.4 is 5.32 Å². The van der Waals surface area contributed by atoms with Crippen LogP contribution in [0.3, 0.4) is 0 Å². The number of thiophene rings is 2. The van der Waals surface area contributed by atoms with Gasteiger partial charge in [0.25, 0.3) is 5.91 Å². The molecule has 38 heavy (non-hydrogen) atoms. The highest BCUT2D eigenvalue weighted by atomic mass is 32.1. The Morgan fingerprint density at radius 1 is 1.11 bits per heavy atom. The lowest BCUT2D eigenvalue weighted by Gasteiger charge is -2.08. The second-order valence-corrected chi connectivity index (χ2v) is 10.4. The smallest absolute Gasteiger partial charge is 0.341 e. The van der Waals surface area contributed by atoms with Gasteiger partial charge in [-0.3, -0.25) is 4.79 Å². The third kappa shape index (κ3) is 5.92. The Hall–Kier alpha value is -4.02. The SMILES string of the molecule is CCOC(=O)c1c(C2CC2)csc1NC(=O)COC(=O)C=Cc1cn(-c2ccccc2)nc1-c1cccs1. The van der Waals surface area contributed by atoms with Gasteiger partial charge < -0.3 is 14.8 Å². The fourth-order valence-electron chi connectivity index (χ4n) is 3.90. The fraction of sp³-hybridized carbons (Fsp3) is 0.214. The predicted molar refractivity (Wildman–Crippen MR) is 148 cm³/mol. The zero-order valence-electron chi connectivity index (χ0n) is 20.6. The molecule has 1 aliphatic carbocycles. The predicted octanol–water partition coefficient (Wildman–Crippen LogP) is 5.91. The Bertz CT molecular complexity index is 1470. The molecule has 1 saturated carbocycles. The van der Waals surface area contributed by atoms with Crippen molar-refractivity contribution in [2.45, 2.75) is 25.7 Å². The normalized spacial score (nSPS) is 13.0. The minimum Gasteiger partial charge on any atom is -0.462 e. The lowest BCUT2D eigenvalue weighted by Crippen LogP contribution is -2.21. The number of para-hydroxylation sites is 1. The quantitative estimate of drug-likeness (QED) is 0.196. The summed E-state index contributed by atoms with van der Waals surface area (Å²) >= 11 is 2.82. The van der Waals surface area contributed by atoms with E-state index in [1.54, 1.807) is 29.0 Å². The number of ether oxygens (including phenoxy) is 2. The molecular formula is C28H25N3O5S2. The highest BCUT2D eigenvalue weighted by molar-refractivity contribution is 7.15. The lowest BCUT2D eigenvalue weighted by molar-refractivity contribution is -0.142. The van der Waals surface area contributed by atoms with Crippen molar-refractivity contribution < 1.29 is 23.9 Å². The van der Waals surface area contributed by atoms with E-state index >= 15 is 0 Å². The molecule has 5 rings (SSSR count). The van der Waals surface area contributed by atoms with Crippen LogP contribution in [-0.4, -0.2) is 40.8 Å². The molecule has 0 saturated heterocycles. The molecular weight excluding hydrogens is 522 g/mol. The van der Waals surface area contributed by atoms with E-state index in [2.05, 4.69) is 5.32 Å². The average molecular weight is 548 g/mol. The molecule has 0 spiro atoms. The molecule has 0 unspecified atom stereocenters. The van der Waals surface area contributed by atoms with E-state index in [9.17, 15) is 14.4 Å². The number of benzene rings is 1. The van der Waals surface area contributed by atoms with Gasteiger partial charge in [-0.15, -0.1) is 22.7 Å².